The van der Waals surface area contributed by atoms with Crippen molar-refractivity contribution < 1.29 is 14.6 Å². The first-order valence-electron chi connectivity index (χ1n) is 4.63. The van der Waals surface area contributed by atoms with E-state index in [4.69, 9.17) is 9.84 Å². The van der Waals surface area contributed by atoms with Crippen LogP contribution < -0.4 is 4.74 Å². The smallest absolute Gasteiger partial charge is 0.344 e. The van der Waals surface area contributed by atoms with Gasteiger partial charge in [0.2, 0.25) is 5.88 Å². The fraction of sp³-hybridized carbons (Fsp3) is 0.500. The Balaban J connectivity index is 2.95. The van der Waals surface area contributed by atoms with E-state index in [2.05, 4.69) is 9.97 Å². The van der Waals surface area contributed by atoms with Crippen LogP contribution in [0.25, 0.3) is 0 Å². The molecule has 5 nitrogen and oxygen atoms in total. The molecule has 0 saturated heterocycles. The summed E-state index contributed by atoms with van der Waals surface area (Å²) in [5, 5.41) is 8.68. The fourth-order valence-corrected chi connectivity index (χ4v) is 1.02. The highest BCUT2D eigenvalue weighted by molar-refractivity contribution is 5.72. The van der Waals surface area contributed by atoms with Crippen LogP contribution in [0.2, 0.25) is 0 Å². The summed E-state index contributed by atoms with van der Waals surface area (Å²) >= 11 is 0. The van der Waals surface area contributed by atoms with Crippen LogP contribution in [0.1, 0.15) is 24.0 Å². The summed E-state index contributed by atoms with van der Waals surface area (Å²) < 4.78 is 5.17. The second-order valence-corrected chi connectivity index (χ2v) is 3.38. The van der Waals surface area contributed by atoms with Crippen LogP contribution in [0.5, 0.6) is 5.88 Å². The predicted octanol–water partition coefficient (Wildman–Crippen LogP) is 1.25. The molecule has 1 rings (SSSR count). The molecule has 82 valence electrons. The topological polar surface area (TPSA) is 72.3 Å². The molecule has 0 radical (unpaired) electrons. The Morgan fingerprint density at radius 3 is 2.27 bits per heavy atom. The second-order valence-electron chi connectivity index (χ2n) is 3.38. The van der Waals surface area contributed by atoms with Gasteiger partial charge in [-0.15, -0.1) is 0 Å². The van der Waals surface area contributed by atoms with E-state index in [1.54, 1.807) is 13.8 Å². The molecule has 1 unspecified atom stereocenters. The minimum Gasteiger partial charge on any atom is -0.479 e. The number of carbonyl (C=O) groups is 1. The van der Waals surface area contributed by atoms with Crippen molar-refractivity contribution in [2.24, 2.45) is 0 Å². The largest absolute Gasteiger partial charge is 0.479 e. The Labute approximate surface area is 88.1 Å². The van der Waals surface area contributed by atoms with Gasteiger partial charge in [-0.3, -0.25) is 4.98 Å². The highest BCUT2D eigenvalue weighted by Crippen LogP contribution is 2.15. The Morgan fingerprint density at radius 2 is 1.73 bits per heavy atom. The first kappa shape index (κ1) is 11.4. The summed E-state index contributed by atoms with van der Waals surface area (Å²) in [6, 6.07) is 0. The molecule has 0 aliphatic rings. The zero-order valence-electron chi connectivity index (χ0n) is 9.24. The maximum Gasteiger partial charge on any atom is 0.344 e. The molecular weight excluding hydrogens is 196 g/mol. The van der Waals surface area contributed by atoms with Gasteiger partial charge in [0.15, 0.2) is 6.10 Å². The Morgan fingerprint density at radius 1 is 1.20 bits per heavy atom. The first-order chi connectivity index (χ1) is 6.91. The van der Waals surface area contributed by atoms with Crippen LogP contribution in [-0.4, -0.2) is 27.1 Å². The third-order valence-electron chi connectivity index (χ3n) is 2.07. The van der Waals surface area contributed by atoms with Gasteiger partial charge in [0.05, 0.1) is 17.1 Å². The van der Waals surface area contributed by atoms with Gasteiger partial charge >= 0.3 is 5.97 Å². The molecule has 1 N–H and O–H groups in total. The molecule has 0 aliphatic carbocycles. The SMILES string of the molecule is Cc1nc(C)c(OC(C)C(=O)O)nc1C. The number of carboxylic acid groups (broad SMARTS) is 1. The minimum atomic E-state index is -1.02. The molecule has 0 aliphatic heterocycles. The van der Waals surface area contributed by atoms with Crippen molar-refractivity contribution in [3.8, 4) is 5.88 Å². The van der Waals surface area contributed by atoms with E-state index < -0.39 is 12.1 Å². The number of rotatable bonds is 3. The second kappa shape index (κ2) is 4.25. The van der Waals surface area contributed by atoms with Crippen molar-refractivity contribution in [1.82, 2.24) is 9.97 Å². The normalized spacial score (nSPS) is 12.3. The van der Waals surface area contributed by atoms with E-state index in [1.807, 2.05) is 6.92 Å². The van der Waals surface area contributed by atoms with Gasteiger partial charge in [0.1, 0.15) is 0 Å². The first-order valence-corrected chi connectivity index (χ1v) is 4.63. The molecule has 0 bridgehead atoms. The van der Waals surface area contributed by atoms with E-state index in [0.29, 0.717) is 5.69 Å². The van der Waals surface area contributed by atoms with Gasteiger partial charge in [-0.2, -0.15) is 0 Å². The van der Waals surface area contributed by atoms with Crippen LogP contribution in [0.4, 0.5) is 0 Å². The number of hydrogen-bond donors (Lipinski definition) is 1. The molecule has 0 fully saturated rings. The zero-order valence-corrected chi connectivity index (χ0v) is 9.24. The van der Waals surface area contributed by atoms with Crippen molar-refractivity contribution in [1.29, 1.82) is 0 Å². The molecule has 1 heterocycles. The van der Waals surface area contributed by atoms with E-state index in [1.165, 1.54) is 6.92 Å². The van der Waals surface area contributed by atoms with Crippen molar-refractivity contribution in [3.63, 3.8) is 0 Å². The Bertz CT molecular complexity index is 390. The standard InChI is InChI=1S/C10H14N2O3/c1-5-6(2)12-9(7(3)11-5)15-8(4)10(13)14/h8H,1-4H3,(H,13,14). The van der Waals surface area contributed by atoms with Crippen molar-refractivity contribution in [2.75, 3.05) is 0 Å². The van der Waals surface area contributed by atoms with Gasteiger partial charge < -0.3 is 9.84 Å². The van der Waals surface area contributed by atoms with Crippen LogP contribution in [0.15, 0.2) is 0 Å². The summed E-state index contributed by atoms with van der Waals surface area (Å²) in [5.74, 6) is -0.734. The number of ether oxygens (including phenoxy) is 1. The number of hydrogen-bond acceptors (Lipinski definition) is 4. The number of aryl methyl sites for hydroxylation is 3. The van der Waals surface area contributed by atoms with Crippen LogP contribution in [-0.2, 0) is 4.79 Å². The number of carboxylic acids is 1. The lowest BCUT2D eigenvalue weighted by Gasteiger charge is -2.12. The van der Waals surface area contributed by atoms with Crippen LogP contribution in [0, 0.1) is 20.8 Å². The quantitative estimate of drug-likeness (QED) is 0.812. The van der Waals surface area contributed by atoms with E-state index in [9.17, 15) is 4.79 Å². The molecule has 1 aromatic heterocycles. The van der Waals surface area contributed by atoms with Gasteiger partial charge in [-0.05, 0) is 27.7 Å². The van der Waals surface area contributed by atoms with Gasteiger partial charge in [0, 0.05) is 0 Å². The third kappa shape index (κ3) is 2.65. The third-order valence-corrected chi connectivity index (χ3v) is 2.07. The summed E-state index contributed by atoms with van der Waals surface area (Å²) in [5.41, 5.74) is 2.17. The van der Waals surface area contributed by atoms with E-state index in [0.717, 1.165) is 11.4 Å². The summed E-state index contributed by atoms with van der Waals surface area (Å²) in [6.07, 6.45) is -0.917. The average Bonchev–Trinajstić information content (AvgIpc) is 2.13. The number of aliphatic carboxylic acids is 1. The molecule has 0 amide bonds. The fourth-order valence-electron chi connectivity index (χ4n) is 1.02. The molecule has 1 atom stereocenters. The maximum absolute atomic E-state index is 10.6. The van der Waals surface area contributed by atoms with Gasteiger partial charge in [0.25, 0.3) is 0 Å². The summed E-state index contributed by atoms with van der Waals surface area (Å²) in [4.78, 5) is 18.9. The predicted molar refractivity (Wildman–Crippen MR) is 54.0 cm³/mol. The molecule has 1 aromatic rings. The highest BCUT2D eigenvalue weighted by Gasteiger charge is 2.15. The molecule has 0 spiro atoms. The van der Waals surface area contributed by atoms with E-state index in [-0.39, 0.29) is 5.88 Å². The molecular formula is C10H14N2O3. The lowest BCUT2D eigenvalue weighted by atomic mass is 10.3. The summed E-state index contributed by atoms with van der Waals surface area (Å²) in [7, 11) is 0. The van der Waals surface area contributed by atoms with Crippen molar-refractivity contribution in [3.05, 3.63) is 17.1 Å². The molecule has 0 saturated carbocycles. The average molecular weight is 210 g/mol. The molecule has 5 heteroatoms. The Kier molecular flexibility index (Phi) is 3.24. The van der Waals surface area contributed by atoms with Gasteiger partial charge in [-0.25, -0.2) is 9.78 Å². The highest BCUT2D eigenvalue weighted by atomic mass is 16.5. The lowest BCUT2D eigenvalue weighted by molar-refractivity contribution is -0.144. The van der Waals surface area contributed by atoms with Crippen LogP contribution in [0.3, 0.4) is 0 Å². The summed E-state index contributed by atoms with van der Waals surface area (Å²) in [6.45, 7) is 6.85. The minimum absolute atomic E-state index is 0.285. The lowest BCUT2D eigenvalue weighted by Crippen LogP contribution is -2.24. The molecule has 15 heavy (non-hydrogen) atoms. The van der Waals surface area contributed by atoms with Crippen LogP contribution >= 0.6 is 0 Å². The molecule has 0 aromatic carbocycles. The van der Waals surface area contributed by atoms with Crippen molar-refractivity contribution in [2.45, 2.75) is 33.8 Å². The van der Waals surface area contributed by atoms with Crippen molar-refractivity contribution >= 4 is 5.97 Å². The van der Waals surface area contributed by atoms with Gasteiger partial charge in [-0.1, -0.05) is 0 Å². The zero-order chi connectivity index (χ0) is 11.6. The Hall–Kier alpha value is -1.65. The monoisotopic (exact) mass is 210 g/mol. The number of nitrogens with zero attached hydrogens (tertiary/aromatic N) is 2. The van der Waals surface area contributed by atoms with E-state index >= 15 is 0 Å². The number of aromatic nitrogens is 2. The maximum atomic E-state index is 10.6.